The fourth-order valence-corrected chi connectivity index (χ4v) is 3.07. The van der Waals surface area contributed by atoms with Crippen LogP contribution in [-0.4, -0.2) is 33.2 Å². The molecule has 0 fully saturated rings. The van der Waals surface area contributed by atoms with Gasteiger partial charge in [-0.15, -0.1) is 0 Å². The number of hydrogen-bond acceptors (Lipinski definition) is 3. The van der Waals surface area contributed by atoms with E-state index in [2.05, 4.69) is 5.32 Å². The molecular formula is C13H26N2O2S2. The Balaban J connectivity index is 4.71. The summed E-state index contributed by atoms with van der Waals surface area (Å²) in [6, 6.07) is 0. The van der Waals surface area contributed by atoms with Gasteiger partial charge in [0.2, 0.25) is 5.91 Å². The highest BCUT2D eigenvalue weighted by atomic mass is 32.2. The lowest BCUT2D eigenvalue weighted by Gasteiger charge is -2.31. The van der Waals surface area contributed by atoms with Crippen molar-refractivity contribution in [3.8, 4) is 0 Å². The lowest BCUT2D eigenvalue weighted by Crippen LogP contribution is -2.49. The van der Waals surface area contributed by atoms with Gasteiger partial charge in [-0.3, -0.25) is 9.00 Å². The van der Waals surface area contributed by atoms with Crippen LogP contribution < -0.4 is 11.1 Å². The van der Waals surface area contributed by atoms with Crippen molar-refractivity contribution in [3.05, 3.63) is 0 Å². The fraction of sp³-hybridized carbons (Fsp3) is 0.846. The summed E-state index contributed by atoms with van der Waals surface area (Å²) in [4.78, 5) is 12.6. The lowest BCUT2D eigenvalue weighted by molar-refractivity contribution is -0.128. The third-order valence-electron chi connectivity index (χ3n) is 3.20. The smallest absolute Gasteiger partial charge is 0.233 e. The van der Waals surface area contributed by atoms with E-state index in [1.807, 2.05) is 20.8 Å². The summed E-state index contributed by atoms with van der Waals surface area (Å²) in [6.07, 6.45) is 3.04. The van der Waals surface area contributed by atoms with Crippen LogP contribution in [0.3, 0.4) is 0 Å². The van der Waals surface area contributed by atoms with Gasteiger partial charge >= 0.3 is 0 Å². The van der Waals surface area contributed by atoms with Gasteiger partial charge in [0.15, 0.2) is 0 Å². The van der Waals surface area contributed by atoms with Crippen molar-refractivity contribution in [2.75, 3.05) is 18.1 Å². The van der Waals surface area contributed by atoms with Gasteiger partial charge in [-0.05, 0) is 12.8 Å². The van der Waals surface area contributed by atoms with Crippen molar-refractivity contribution in [2.24, 2.45) is 11.1 Å². The van der Waals surface area contributed by atoms with E-state index in [0.29, 0.717) is 30.9 Å². The third-order valence-corrected chi connectivity index (χ3v) is 4.89. The van der Waals surface area contributed by atoms with Gasteiger partial charge in [-0.25, -0.2) is 0 Å². The average Bonchev–Trinajstić information content (AvgIpc) is 2.37. The van der Waals surface area contributed by atoms with Crippen LogP contribution >= 0.6 is 12.2 Å². The first kappa shape index (κ1) is 18.5. The maximum absolute atomic E-state index is 12.4. The summed E-state index contributed by atoms with van der Waals surface area (Å²) in [6.45, 7) is 6.31. The van der Waals surface area contributed by atoms with Crippen LogP contribution in [0, 0.1) is 5.41 Å². The van der Waals surface area contributed by atoms with Gasteiger partial charge in [-0.1, -0.05) is 45.8 Å². The Morgan fingerprint density at radius 3 is 2.16 bits per heavy atom. The summed E-state index contributed by atoms with van der Waals surface area (Å²) in [5.74, 6) is 0.977. The van der Waals surface area contributed by atoms with Gasteiger partial charge in [0, 0.05) is 28.9 Å². The van der Waals surface area contributed by atoms with Crippen LogP contribution in [0.25, 0.3) is 0 Å². The van der Waals surface area contributed by atoms with Gasteiger partial charge in [0.25, 0.3) is 0 Å². The zero-order chi connectivity index (χ0) is 14.9. The molecule has 0 bridgehead atoms. The molecule has 0 heterocycles. The van der Waals surface area contributed by atoms with E-state index in [-0.39, 0.29) is 10.9 Å². The Labute approximate surface area is 124 Å². The zero-order valence-corrected chi connectivity index (χ0v) is 13.8. The van der Waals surface area contributed by atoms with E-state index in [1.165, 1.54) is 0 Å². The number of carbonyl (C=O) groups is 1. The third kappa shape index (κ3) is 5.57. The van der Waals surface area contributed by atoms with Crippen molar-refractivity contribution in [2.45, 2.75) is 46.5 Å². The lowest BCUT2D eigenvalue weighted by atomic mass is 9.78. The van der Waals surface area contributed by atoms with E-state index in [1.54, 1.807) is 0 Å². The maximum atomic E-state index is 12.4. The summed E-state index contributed by atoms with van der Waals surface area (Å²) >= 11 is 5.12. The molecule has 0 spiro atoms. The van der Waals surface area contributed by atoms with Gasteiger partial charge in [0.05, 0.1) is 10.4 Å². The number of carbonyl (C=O) groups excluding carboxylic acids is 1. The van der Waals surface area contributed by atoms with E-state index >= 15 is 0 Å². The largest absolute Gasteiger partial charge is 0.392 e. The van der Waals surface area contributed by atoms with Crippen molar-refractivity contribution >= 4 is 33.9 Å². The first-order valence-corrected chi connectivity index (χ1v) is 8.77. The molecule has 1 amide bonds. The Morgan fingerprint density at radius 2 is 1.79 bits per heavy atom. The molecule has 19 heavy (non-hydrogen) atoms. The molecule has 0 aliphatic carbocycles. The molecule has 0 saturated carbocycles. The molecule has 1 unspecified atom stereocenters. The second-order valence-corrected chi connectivity index (χ2v) is 6.94. The number of nitrogens with two attached hydrogens (primary N) is 1. The number of amides is 1. The Hall–Kier alpha value is -0.490. The first-order chi connectivity index (χ1) is 8.94. The predicted octanol–water partition coefficient (Wildman–Crippen LogP) is 1.74. The highest BCUT2D eigenvalue weighted by molar-refractivity contribution is 7.84. The molecule has 6 heteroatoms. The summed E-state index contributed by atoms with van der Waals surface area (Å²) in [5.41, 5.74) is 5.07. The molecule has 0 aromatic carbocycles. The number of nitrogens with one attached hydrogen (secondary N) is 1. The second-order valence-electron chi connectivity index (χ2n) is 4.63. The van der Waals surface area contributed by atoms with Crippen LogP contribution in [0.15, 0.2) is 0 Å². The minimum Gasteiger partial charge on any atom is -0.392 e. The van der Waals surface area contributed by atoms with Crippen LogP contribution in [0.1, 0.15) is 46.5 Å². The molecule has 0 saturated heterocycles. The molecular weight excluding hydrogens is 280 g/mol. The van der Waals surface area contributed by atoms with Gasteiger partial charge < -0.3 is 11.1 Å². The number of thiocarbonyl (C=S) groups is 1. The average molecular weight is 306 g/mol. The van der Waals surface area contributed by atoms with E-state index in [4.69, 9.17) is 18.0 Å². The molecule has 0 aliphatic rings. The molecule has 0 rings (SSSR count). The Kier molecular flexibility index (Phi) is 9.18. The normalized spacial score (nSPS) is 13.0. The minimum atomic E-state index is -0.867. The van der Waals surface area contributed by atoms with Crippen LogP contribution in [0.4, 0.5) is 0 Å². The van der Waals surface area contributed by atoms with E-state index in [0.717, 1.165) is 12.8 Å². The van der Waals surface area contributed by atoms with Crippen LogP contribution in [-0.2, 0) is 15.6 Å². The Bertz CT molecular complexity index is 327. The SMILES string of the molecule is CCCC(CCC)(C(=O)NCCS(=O)CC)C(N)=S. The Morgan fingerprint density at radius 1 is 1.26 bits per heavy atom. The van der Waals surface area contributed by atoms with Crippen LogP contribution in [0.2, 0.25) is 0 Å². The zero-order valence-electron chi connectivity index (χ0n) is 12.2. The molecule has 0 radical (unpaired) electrons. The topological polar surface area (TPSA) is 72.2 Å². The molecule has 0 aromatic rings. The monoisotopic (exact) mass is 306 g/mol. The molecule has 1 atom stereocenters. The van der Waals surface area contributed by atoms with E-state index in [9.17, 15) is 9.00 Å². The van der Waals surface area contributed by atoms with Crippen molar-refractivity contribution in [1.29, 1.82) is 0 Å². The highest BCUT2D eigenvalue weighted by Crippen LogP contribution is 2.30. The number of hydrogen-bond donors (Lipinski definition) is 2. The van der Waals surface area contributed by atoms with Crippen molar-refractivity contribution < 1.29 is 9.00 Å². The van der Waals surface area contributed by atoms with Crippen molar-refractivity contribution in [1.82, 2.24) is 5.32 Å². The first-order valence-electron chi connectivity index (χ1n) is 6.87. The molecule has 4 nitrogen and oxygen atoms in total. The molecule has 0 aromatic heterocycles. The maximum Gasteiger partial charge on any atom is 0.233 e. The fourth-order valence-electron chi connectivity index (χ4n) is 2.16. The summed E-state index contributed by atoms with van der Waals surface area (Å²) < 4.78 is 11.3. The molecule has 0 aliphatic heterocycles. The van der Waals surface area contributed by atoms with Gasteiger partial charge in [-0.2, -0.15) is 0 Å². The summed E-state index contributed by atoms with van der Waals surface area (Å²) in [5, 5.41) is 2.84. The van der Waals surface area contributed by atoms with E-state index < -0.39 is 16.2 Å². The quantitative estimate of drug-likeness (QED) is 0.603. The molecule has 3 N–H and O–H groups in total. The van der Waals surface area contributed by atoms with Gasteiger partial charge in [0.1, 0.15) is 0 Å². The minimum absolute atomic E-state index is 0.114. The molecule has 112 valence electrons. The highest BCUT2D eigenvalue weighted by Gasteiger charge is 2.39. The predicted molar refractivity (Wildman–Crippen MR) is 85.6 cm³/mol. The van der Waals surface area contributed by atoms with Crippen molar-refractivity contribution in [3.63, 3.8) is 0 Å². The summed E-state index contributed by atoms with van der Waals surface area (Å²) in [7, 11) is -0.867. The standard InChI is InChI=1S/C13H26N2O2S2/c1-4-7-13(8-5-2,11(14)18)12(16)15-9-10-19(17)6-3/h4-10H2,1-3H3,(H2,14,18)(H,15,16). The van der Waals surface area contributed by atoms with Crippen LogP contribution in [0.5, 0.6) is 0 Å². The number of rotatable bonds is 10. The second kappa shape index (κ2) is 9.42.